The first-order chi connectivity index (χ1) is 5.66. The zero-order valence-electron chi connectivity index (χ0n) is 7.34. The van der Waals surface area contributed by atoms with Crippen LogP contribution in [-0.2, 0) is 13.5 Å². The summed E-state index contributed by atoms with van der Waals surface area (Å²) in [5.74, 6) is 0. The quantitative estimate of drug-likeness (QED) is 0.777. The van der Waals surface area contributed by atoms with E-state index in [-0.39, 0.29) is 6.61 Å². The summed E-state index contributed by atoms with van der Waals surface area (Å²) in [6.45, 7) is 2.13. The third-order valence-corrected chi connectivity index (χ3v) is 2.33. The van der Waals surface area contributed by atoms with Gasteiger partial charge < -0.3 is 5.11 Å². The molecule has 0 saturated carbocycles. The number of hydrogen-bond donors (Lipinski definition) is 1. The Morgan fingerprint density at radius 2 is 2.25 bits per heavy atom. The van der Waals surface area contributed by atoms with Crippen molar-refractivity contribution in [1.29, 1.82) is 0 Å². The minimum absolute atomic E-state index is 0.199. The fourth-order valence-corrected chi connectivity index (χ4v) is 1.48. The number of aliphatic hydroxyl groups excluding tert-OH is 1. The molecule has 3 nitrogen and oxygen atoms in total. The van der Waals surface area contributed by atoms with Gasteiger partial charge in [0.25, 0.3) is 0 Å². The molecule has 0 amide bonds. The predicted octanol–water partition coefficient (Wildman–Crippen LogP) is 1.31. The van der Waals surface area contributed by atoms with E-state index < -0.39 is 0 Å². The van der Waals surface area contributed by atoms with Crippen LogP contribution >= 0.6 is 11.6 Å². The first-order valence-electron chi connectivity index (χ1n) is 3.95. The molecule has 0 aromatic carbocycles. The van der Waals surface area contributed by atoms with Gasteiger partial charge in [0.05, 0.1) is 5.69 Å². The smallest absolute Gasteiger partial charge is 0.130 e. The molecule has 0 aliphatic rings. The normalized spacial score (nSPS) is 10.7. The number of aryl methyl sites for hydroxylation is 2. The summed E-state index contributed by atoms with van der Waals surface area (Å²) in [6.07, 6.45) is 1.54. The summed E-state index contributed by atoms with van der Waals surface area (Å²) >= 11 is 5.97. The van der Waals surface area contributed by atoms with Crippen LogP contribution in [0.1, 0.15) is 17.7 Å². The minimum Gasteiger partial charge on any atom is -0.396 e. The molecular formula is C8H13ClN2O. The number of aliphatic hydroxyl groups is 1. The number of nitrogens with zero attached hydrogens (tertiary/aromatic N) is 2. The van der Waals surface area contributed by atoms with Crippen molar-refractivity contribution in [1.82, 2.24) is 9.78 Å². The van der Waals surface area contributed by atoms with E-state index in [9.17, 15) is 0 Å². The van der Waals surface area contributed by atoms with Gasteiger partial charge in [0.2, 0.25) is 0 Å². The van der Waals surface area contributed by atoms with E-state index in [1.807, 2.05) is 14.0 Å². The summed E-state index contributed by atoms with van der Waals surface area (Å²) in [4.78, 5) is 0. The minimum atomic E-state index is 0.199. The van der Waals surface area contributed by atoms with E-state index in [4.69, 9.17) is 16.7 Å². The maximum absolute atomic E-state index is 8.65. The fraction of sp³-hybridized carbons (Fsp3) is 0.625. The molecule has 1 rings (SSSR count). The summed E-state index contributed by atoms with van der Waals surface area (Å²) in [5, 5.41) is 13.5. The molecule has 0 bridgehead atoms. The summed E-state index contributed by atoms with van der Waals surface area (Å²) in [6, 6.07) is 0. The van der Waals surface area contributed by atoms with Gasteiger partial charge in [0, 0.05) is 19.2 Å². The van der Waals surface area contributed by atoms with Crippen molar-refractivity contribution in [3.8, 4) is 0 Å². The predicted molar refractivity (Wildman–Crippen MR) is 48.4 cm³/mol. The van der Waals surface area contributed by atoms with E-state index in [0.717, 1.165) is 24.1 Å². The second kappa shape index (κ2) is 3.92. The average Bonchev–Trinajstić information content (AvgIpc) is 2.25. The highest BCUT2D eigenvalue weighted by molar-refractivity contribution is 6.30. The molecule has 1 N–H and O–H groups in total. The molecule has 0 aliphatic carbocycles. The van der Waals surface area contributed by atoms with E-state index in [1.54, 1.807) is 4.68 Å². The Morgan fingerprint density at radius 1 is 1.58 bits per heavy atom. The van der Waals surface area contributed by atoms with Gasteiger partial charge >= 0.3 is 0 Å². The molecular weight excluding hydrogens is 176 g/mol. The molecule has 1 heterocycles. The topological polar surface area (TPSA) is 38.0 Å². The molecule has 0 spiro atoms. The molecule has 0 radical (unpaired) electrons. The summed E-state index contributed by atoms with van der Waals surface area (Å²) < 4.78 is 1.66. The Labute approximate surface area is 77.0 Å². The zero-order valence-corrected chi connectivity index (χ0v) is 8.10. The first-order valence-corrected chi connectivity index (χ1v) is 4.33. The summed E-state index contributed by atoms with van der Waals surface area (Å²) in [7, 11) is 1.82. The monoisotopic (exact) mass is 188 g/mol. The maximum Gasteiger partial charge on any atom is 0.130 e. The molecule has 0 atom stereocenters. The summed E-state index contributed by atoms with van der Waals surface area (Å²) in [5.41, 5.74) is 2.00. The highest BCUT2D eigenvalue weighted by atomic mass is 35.5. The molecule has 1 aromatic heterocycles. The highest BCUT2D eigenvalue weighted by Crippen LogP contribution is 2.19. The van der Waals surface area contributed by atoms with Gasteiger partial charge in [-0.25, -0.2) is 0 Å². The Balaban J connectivity index is 2.82. The lowest BCUT2D eigenvalue weighted by Gasteiger charge is -1.97. The van der Waals surface area contributed by atoms with Gasteiger partial charge in [-0.3, -0.25) is 4.68 Å². The lowest BCUT2D eigenvalue weighted by Crippen LogP contribution is -1.91. The van der Waals surface area contributed by atoms with Crippen LogP contribution in [0.3, 0.4) is 0 Å². The van der Waals surface area contributed by atoms with Crippen molar-refractivity contribution >= 4 is 11.6 Å². The van der Waals surface area contributed by atoms with Crippen molar-refractivity contribution < 1.29 is 5.11 Å². The Kier molecular flexibility index (Phi) is 3.12. The van der Waals surface area contributed by atoms with Crippen molar-refractivity contribution in [3.05, 3.63) is 16.4 Å². The van der Waals surface area contributed by atoms with Crippen LogP contribution in [0.5, 0.6) is 0 Å². The molecule has 12 heavy (non-hydrogen) atoms. The van der Waals surface area contributed by atoms with Gasteiger partial charge in [-0.05, 0) is 19.8 Å². The molecule has 0 fully saturated rings. The molecule has 1 aromatic rings. The van der Waals surface area contributed by atoms with E-state index >= 15 is 0 Å². The van der Waals surface area contributed by atoms with Crippen LogP contribution in [-0.4, -0.2) is 21.5 Å². The van der Waals surface area contributed by atoms with Crippen LogP contribution in [0, 0.1) is 6.92 Å². The van der Waals surface area contributed by atoms with E-state index in [1.165, 1.54) is 0 Å². The van der Waals surface area contributed by atoms with Gasteiger partial charge in [0.15, 0.2) is 0 Å². The standard InChI is InChI=1S/C8H13ClN2O/c1-6-7(4-3-5-12)8(9)11(2)10-6/h12H,3-5H2,1-2H3. The van der Waals surface area contributed by atoms with Crippen molar-refractivity contribution in [2.45, 2.75) is 19.8 Å². The van der Waals surface area contributed by atoms with Gasteiger partial charge in [-0.15, -0.1) is 0 Å². The number of aromatic nitrogens is 2. The highest BCUT2D eigenvalue weighted by Gasteiger charge is 2.09. The van der Waals surface area contributed by atoms with Crippen LogP contribution in [0.4, 0.5) is 0 Å². The lowest BCUT2D eigenvalue weighted by molar-refractivity contribution is 0.288. The second-order valence-electron chi connectivity index (χ2n) is 2.81. The first kappa shape index (κ1) is 9.55. The SMILES string of the molecule is Cc1nn(C)c(Cl)c1CCCO. The van der Waals surface area contributed by atoms with E-state index in [2.05, 4.69) is 5.10 Å². The molecule has 4 heteroatoms. The van der Waals surface area contributed by atoms with Crippen molar-refractivity contribution in [2.75, 3.05) is 6.61 Å². The average molecular weight is 189 g/mol. The van der Waals surface area contributed by atoms with Crippen LogP contribution in [0.15, 0.2) is 0 Å². The van der Waals surface area contributed by atoms with Crippen molar-refractivity contribution in [3.63, 3.8) is 0 Å². The van der Waals surface area contributed by atoms with Crippen LogP contribution in [0.2, 0.25) is 5.15 Å². The Hall–Kier alpha value is -0.540. The zero-order chi connectivity index (χ0) is 9.14. The fourth-order valence-electron chi connectivity index (χ4n) is 1.21. The van der Waals surface area contributed by atoms with E-state index in [0.29, 0.717) is 5.15 Å². The van der Waals surface area contributed by atoms with Gasteiger partial charge in [0.1, 0.15) is 5.15 Å². The van der Waals surface area contributed by atoms with Crippen molar-refractivity contribution in [2.24, 2.45) is 7.05 Å². The molecule has 0 unspecified atom stereocenters. The lowest BCUT2D eigenvalue weighted by atomic mass is 10.1. The number of hydrogen-bond acceptors (Lipinski definition) is 2. The molecule has 0 aliphatic heterocycles. The Bertz CT molecular complexity index is 270. The number of rotatable bonds is 3. The third kappa shape index (κ3) is 1.79. The van der Waals surface area contributed by atoms with Crippen LogP contribution in [0.25, 0.3) is 0 Å². The molecule has 68 valence electrons. The maximum atomic E-state index is 8.65. The second-order valence-corrected chi connectivity index (χ2v) is 3.16. The largest absolute Gasteiger partial charge is 0.396 e. The number of halogens is 1. The Morgan fingerprint density at radius 3 is 2.67 bits per heavy atom. The van der Waals surface area contributed by atoms with Gasteiger partial charge in [-0.2, -0.15) is 5.10 Å². The van der Waals surface area contributed by atoms with Gasteiger partial charge in [-0.1, -0.05) is 11.6 Å². The molecule has 0 saturated heterocycles. The third-order valence-electron chi connectivity index (χ3n) is 1.85. The van der Waals surface area contributed by atoms with Crippen LogP contribution < -0.4 is 0 Å².